The molecule has 0 fully saturated rings. The molecule has 0 aliphatic carbocycles. The second kappa shape index (κ2) is 30.8. The number of hydrogen-bond acceptors (Lipinski definition) is 5. The molecular formula is C38H74N2O6P+. The Balaban J connectivity index is 4.49. The van der Waals surface area contributed by atoms with Crippen LogP contribution < -0.4 is 5.32 Å². The Hall–Kier alpha value is -1.28. The van der Waals surface area contributed by atoms with E-state index in [1.807, 2.05) is 21.1 Å². The number of likely N-dealkylation sites (N-methyl/N-ethyl adjacent to an activating group) is 1. The molecule has 1 amide bonds. The standard InChI is InChI=1S/C38H73N2O6P/c1-6-8-10-12-14-16-18-19-20-21-22-24-26-28-30-32-38(42)39-36(35-46-47(43,44)45-34-33-40(3,4)5)37(41)31-29-27-25-23-17-15-13-11-9-7-2/h8,10,14,16,19-20,36-37,41H,6-7,9,11-13,15,17-18,21-35H2,1-5H3,(H-,39,42,43,44)/p+1/b10-8-,16-14-,20-19-. The molecule has 3 unspecified atom stereocenters. The molecule has 0 bridgehead atoms. The Labute approximate surface area is 289 Å². The summed E-state index contributed by atoms with van der Waals surface area (Å²) in [5.74, 6) is -0.166. The van der Waals surface area contributed by atoms with Crippen molar-refractivity contribution >= 4 is 13.7 Å². The number of aliphatic hydroxyl groups is 1. The summed E-state index contributed by atoms with van der Waals surface area (Å²) in [7, 11) is 1.59. The number of nitrogens with zero attached hydrogens (tertiary/aromatic N) is 1. The van der Waals surface area contributed by atoms with Crippen LogP contribution in [0.1, 0.15) is 149 Å². The molecule has 0 aliphatic heterocycles. The lowest BCUT2D eigenvalue weighted by Gasteiger charge is -2.26. The average Bonchev–Trinajstić information content (AvgIpc) is 3.01. The van der Waals surface area contributed by atoms with E-state index in [9.17, 15) is 19.4 Å². The van der Waals surface area contributed by atoms with Crippen molar-refractivity contribution in [2.24, 2.45) is 0 Å². The third-order valence-electron chi connectivity index (χ3n) is 8.15. The van der Waals surface area contributed by atoms with Crippen LogP contribution >= 0.6 is 7.82 Å². The smallest absolute Gasteiger partial charge is 0.391 e. The predicted octanol–water partition coefficient (Wildman–Crippen LogP) is 9.57. The Bertz CT molecular complexity index is 871. The van der Waals surface area contributed by atoms with Crippen LogP contribution in [0.4, 0.5) is 0 Å². The molecule has 47 heavy (non-hydrogen) atoms. The van der Waals surface area contributed by atoms with Gasteiger partial charge in [-0.15, -0.1) is 0 Å². The van der Waals surface area contributed by atoms with Crippen molar-refractivity contribution in [2.45, 2.75) is 161 Å². The first kappa shape index (κ1) is 45.7. The zero-order valence-corrected chi connectivity index (χ0v) is 31.9. The largest absolute Gasteiger partial charge is 0.472 e. The first-order valence-corrected chi connectivity index (χ1v) is 20.3. The SMILES string of the molecule is CC/C=C\C/C=C\C/C=C\CCCCCCCC(=O)NC(COP(=O)(O)OCC[N+](C)(C)C)C(O)CCCCCCCCCCCC. The fraction of sp³-hybridized carbons (Fsp3) is 0.816. The number of carbonyl (C=O) groups excluding carboxylic acids is 1. The van der Waals surface area contributed by atoms with Crippen LogP contribution in [0, 0.1) is 0 Å². The highest BCUT2D eigenvalue weighted by Crippen LogP contribution is 2.43. The van der Waals surface area contributed by atoms with Crippen molar-refractivity contribution in [3.8, 4) is 0 Å². The molecule has 0 spiro atoms. The van der Waals surface area contributed by atoms with Gasteiger partial charge in [0.05, 0.1) is 39.9 Å². The van der Waals surface area contributed by atoms with E-state index in [0.717, 1.165) is 77.0 Å². The van der Waals surface area contributed by atoms with Crippen LogP contribution in [-0.4, -0.2) is 73.4 Å². The molecule has 3 N–H and O–H groups in total. The summed E-state index contributed by atoms with van der Waals surface area (Å²) in [5.41, 5.74) is 0. The number of allylic oxidation sites excluding steroid dienone is 6. The Morgan fingerprint density at radius 3 is 1.87 bits per heavy atom. The van der Waals surface area contributed by atoms with Gasteiger partial charge >= 0.3 is 7.82 Å². The molecule has 0 heterocycles. The van der Waals surface area contributed by atoms with Gasteiger partial charge in [-0.25, -0.2) is 4.57 Å². The zero-order chi connectivity index (χ0) is 35.1. The molecular weight excluding hydrogens is 611 g/mol. The molecule has 276 valence electrons. The normalized spacial score (nSPS) is 15.1. The average molecular weight is 686 g/mol. The molecule has 9 heteroatoms. The van der Waals surface area contributed by atoms with Crippen LogP contribution in [0.5, 0.6) is 0 Å². The fourth-order valence-corrected chi connectivity index (χ4v) is 5.85. The van der Waals surface area contributed by atoms with E-state index in [1.54, 1.807) is 0 Å². The maximum absolute atomic E-state index is 12.8. The first-order valence-electron chi connectivity index (χ1n) is 18.9. The van der Waals surface area contributed by atoms with E-state index >= 15 is 0 Å². The third kappa shape index (κ3) is 33.0. The van der Waals surface area contributed by atoms with Gasteiger partial charge in [0.2, 0.25) is 5.91 Å². The number of nitrogens with one attached hydrogen (secondary N) is 1. The molecule has 0 saturated heterocycles. The molecule has 0 aromatic carbocycles. The van der Waals surface area contributed by atoms with Crippen LogP contribution in [0.15, 0.2) is 36.5 Å². The van der Waals surface area contributed by atoms with Crippen LogP contribution in [-0.2, 0) is 18.4 Å². The topological polar surface area (TPSA) is 105 Å². The first-order chi connectivity index (χ1) is 22.5. The van der Waals surface area contributed by atoms with Gasteiger partial charge in [-0.05, 0) is 44.9 Å². The molecule has 0 aromatic heterocycles. The molecule has 0 rings (SSSR count). The number of rotatable bonds is 33. The summed E-state index contributed by atoms with van der Waals surface area (Å²) < 4.78 is 23.5. The number of quaternary nitrogens is 1. The quantitative estimate of drug-likeness (QED) is 0.0275. The lowest BCUT2D eigenvalue weighted by atomic mass is 10.0. The van der Waals surface area contributed by atoms with E-state index in [2.05, 4.69) is 55.6 Å². The van der Waals surface area contributed by atoms with Crippen LogP contribution in [0.25, 0.3) is 0 Å². The van der Waals surface area contributed by atoms with Gasteiger partial charge in [-0.1, -0.05) is 134 Å². The zero-order valence-electron chi connectivity index (χ0n) is 31.0. The van der Waals surface area contributed by atoms with Crippen molar-refractivity contribution in [3.63, 3.8) is 0 Å². The molecule has 0 radical (unpaired) electrons. The number of carbonyl (C=O) groups is 1. The number of phosphoric ester groups is 1. The van der Waals surface area contributed by atoms with Crippen LogP contribution in [0.2, 0.25) is 0 Å². The maximum atomic E-state index is 12.8. The van der Waals surface area contributed by atoms with Crippen molar-refractivity contribution in [1.82, 2.24) is 5.32 Å². The number of unbranched alkanes of at least 4 members (excludes halogenated alkanes) is 14. The van der Waals surface area contributed by atoms with E-state index < -0.39 is 20.0 Å². The molecule has 0 aromatic rings. The summed E-state index contributed by atoms with van der Waals surface area (Å²) >= 11 is 0. The monoisotopic (exact) mass is 686 g/mol. The highest BCUT2D eigenvalue weighted by atomic mass is 31.2. The summed E-state index contributed by atoms with van der Waals surface area (Å²) in [6, 6.07) is -0.766. The lowest BCUT2D eigenvalue weighted by molar-refractivity contribution is -0.870. The Morgan fingerprint density at radius 1 is 0.745 bits per heavy atom. The Kier molecular flexibility index (Phi) is 29.9. The van der Waals surface area contributed by atoms with Gasteiger partial charge in [0.25, 0.3) is 0 Å². The van der Waals surface area contributed by atoms with Gasteiger partial charge in [0, 0.05) is 6.42 Å². The highest BCUT2D eigenvalue weighted by molar-refractivity contribution is 7.47. The van der Waals surface area contributed by atoms with Gasteiger partial charge < -0.3 is 19.8 Å². The highest BCUT2D eigenvalue weighted by Gasteiger charge is 2.28. The lowest BCUT2D eigenvalue weighted by Crippen LogP contribution is -2.46. The minimum absolute atomic E-state index is 0.0697. The fourth-order valence-electron chi connectivity index (χ4n) is 5.12. The molecule has 0 saturated carbocycles. The van der Waals surface area contributed by atoms with Gasteiger partial charge in [0.1, 0.15) is 13.2 Å². The predicted molar refractivity (Wildman–Crippen MR) is 198 cm³/mol. The third-order valence-corrected chi connectivity index (χ3v) is 9.14. The second-order valence-electron chi connectivity index (χ2n) is 13.9. The van der Waals surface area contributed by atoms with Crippen molar-refractivity contribution < 1.29 is 32.9 Å². The van der Waals surface area contributed by atoms with Crippen molar-refractivity contribution in [1.29, 1.82) is 0 Å². The summed E-state index contributed by atoms with van der Waals surface area (Å²) in [5, 5.41) is 13.8. The van der Waals surface area contributed by atoms with E-state index in [4.69, 9.17) is 9.05 Å². The summed E-state index contributed by atoms with van der Waals surface area (Å²) in [6.45, 7) is 4.72. The maximum Gasteiger partial charge on any atom is 0.472 e. The Morgan fingerprint density at radius 2 is 1.28 bits per heavy atom. The summed E-state index contributed by atoms with van der Waals surface area (Å²) in [4.78, 5) is 23.0. The number of hydrogen-bond donors (Lipinski definition) is 3. The number of aliphatic hydroxyl groups excluding tert-OH is 1. The van der Waals surface area contributed by atoms with Gasteiger partial charge in [-0.3, -0.25) is 13.8 Å². The van der Waals surface area contributed by atoms with E-state index in [1.165, 1.54) is 44.9 Å². The van der Waals surface area contributed by atoms with E-state index in [0.29, 0.717) is 23.9 Å². The molecule has 8 nitrogen and oxygen atoms in total. The van der Waals surface area contributed by atoms with Crippen molar-refractivity contribution in [2.75, 3.05) is 40.9 Å². The van der Waals surface area contributed by atoms with Crippen LogP contribution in [0.3, 0.4) is 0 Å². The van der Waals surface area contributed by atoms with Gasteiger partial charge in [0.15, 0.2) is 0 Å². The molecule has 3 atom stereocenters. The number of phosphoric acid groups is 1. The number of amides is 1. The van der Waals surface area contributed by atoms with E-state index in [-0.39, 0.29) is 19.1 Å². The minimum Gasteiger partial charge on any atom is -0.391 e. The van der Waals surface area contributed by atoms with Crippen molar-refractivity contribution in [3.05, 3.63) is 36.5 Å². The minimum atomic E-state index is -4.31. The second-order valence-corrected chi connectivity index (χ2v) is 15.4. The molecule has 0 aliphatic rings. The summed E-state index contributed by atoms with van der Waals surface area (Å²) in [6.07, 6.45) is 34.5. The van der Waals surface area contributed by atoms with Gasteiger partial charge in [-0.2, -0.15) is 0 Å².